The van der Waals surface area contributed by atoms with Crippen molar-refractivity contribution in [2.24, 2.45) is 5.92 Å². The van der Waals surface area contributed by atoms with E-state index in [1.807, 2.05) is 18.7 Å². The van der Waals surface area contributed by atoms with Gasteiger partial charge in [0.15, 0.2) is 0 Å². The van der Waals surface area contributed by atoms with Crippen molar-refractivity contribution in [3.63, 3.8) is 0 Å². The van der Waals surface area contributed by atoms with E-state index >= 15 is 0 Å². The van der Waals surface area contributed by atoms with Crippen LogP contribution in [0.1, 0.15) is 34.0 Å². The fourth-order valence-electron chi connectivity index (χ4n) is 2.63. The zero-order chi connectivity index (χ0) is 15.6. The van der Waals surface area contributed by atoms with Gasteiger partial charge in [0.05, 0.1) is 10.9 Å². The molecular formula is C14H21N3O3S. The predicted octanol–water partition coefficient (Wildman–Crippen LogP) is 0.996. The Labute approximate surface area is 128 Å². The van der Waals surface area contributed by atoms with E-state index in [0.29, 0.717) is 18.0 Å². The lowest BCUT2D eigenvalue weighted by molar-refractivity contribution is -0.135. The minimum atomic E-state index is -0.498. The second-order valence-corrected chi connectivity index (χ2v) is 6.66. The van der Waals surface area contributed by atoms with Crippen LogP contribution in [0.2, 0.25) is 0 Å². The van der Waals surface area contributed by atoms with Crippen molar-refractivity contribution < 1.29 is 14.8 Å². The van der Waals surface area contributed by atoms with Crippen molar-refractivity contribution in [3.8, 4) is 0 Å². The molecule has 0 unspecified atom stereocenters. The minimum Gasteiger partial charge on any atom is -0.337 e. The third-order valence-corrected chi connectivity index (χ3v) is 4.98. The van der Waals surface area contributed by atoms with Crippen LogP contribution in [0, 0.1) is 5.92 Å². The molecule has 1 aromatic heterocycles. The maximum absolute atomic E-state index is 12.5. The van der Waals surface area contributed by atoms with Crippen LogP contribution in [0.15, 0.2) is 6.07 Å². The molecule has 0 saturated heterocycles. The largest absolute Gasteiger partial charge is 0.337 e. The Bertz CT molecular complexity index is 542. The highest BCUT2D eigenvalue weighted by atomic mass is 32.1. The average molecular weight is 311 g/mol. The summed E-state index contributed by atoms with van der Waals surface area (Å²) in [6.07, 6.45) is 0.749. The van der Waals surface area contributed by atoms with Crippen LogP contribution in [0.5, 0.6) is 0 Å². The van der Waals surface area contributed by atoms with E-state index in [9.17, 15) is 9.59 Å². The molecule has 3 N–H and O–H groups in total. The van der Waals surface area contributed by atoms with E-state index in [4.69, 9.17) is 5.21 Å². The van der Waals surface area contributed by atoms with Gasteiger partial charge in [-0.2, -0.15) is 0 Å². The van der Waals surface area contributed by atoms with Gasteiger partial charge in [0.1, 0.15) is 0 Å². The minimum absolute atomic E-state index is 0.0949. The fourth-order valence-corrected chi connectivity index (χ4v) is 3.68. The van der Waals surface area contributed by atoms with Gasteiger partial charge in [-0.1, -0.05) is 13.8 Å². The highest BCUT2D eigenvalue weighted by Gasteiger charge is 2.29. The van der Waals surface area contributed by atoms with Crippen LogP contribution in [0.25, 0.3) is 0 Å². The molecule has 2 rings (SSSR count). The van der Waals surface area contributed by atoms with Gasteiger partial charge in [0, 0.05) is 18.0 Å². The maximum atomic E-state index is 12.5. The Morgan fingerprint density at radius 2 is 2.14 bits per heavy atom. The van der Waals surface area contributed by atoms with E-state index in [-0.39, 0.29) is 17.9 Å². The lowest BCUT2D eigenvalue weighted by Crippen LogP contribution is -2.49. The summed E-state index contributed by atoms with van der Waals surface area (Å²) in [6.45, 7) is 5.22. The second kappa shape index (κ2) is 6.55. The van der Waals surface area contributed by atoms with Gasteiger partial charge >= 0.3 is 0 Å². The van der Waals surface area contributed by atoms with Gasteiger partial charge in [0.25, 0.3) is 5.91 Å². The van der Waals surface area contributed by atoms with Crippen molar-refractivity contribution in [2.75, 3.05) is 13.6 Å². The summed E-state index contributed by atoms with van der Waals surface area (Å²) >= 11 is 1.38. The summed E-state index contributed by atoms with van der Waals surface area (Å²) in [7, 11) is 1.80. The molecule has 2 heterocycles. The number of amides is 2. The van der Waals surface area contributed by atoms with Gasteiger partial charge in [-0.25, -0.2) is 5.48 Å². The monoisotopic (exact) mass is 311 g/mol. The van der Waals surface area contributed by atoms with Crippen molar-refractivity contribution in [1.29, 1.82) is 0 Å². The van der Waals surface area contributed by atoms with Crippen LogP contribution in [-0.4, -0.2) is 41.6 Å². The van der Waals surface area contributed by atoms with Crippen LogP contribution in [-0.2, 0) is 17.8 Å². The third kappa shape index (κ3) is 3.25. The zero-order valence-corrected chi connectivity index (χ0v) is 13.3. The van der Waals surface area contributed by atoms with Gasteiger partial charge in [-0.3, -0.25) is 14.8 Å². The van der Waals surface area contributed by atoms with Gasteiger partial charge in [-0.15, -0.1) is 11.3 Å². The number of hydrogen-bond donors (Lipinski definition) is 3. The second-order valence-electron chi connectivity index (χ2n) is 5.52. The Hall–Kier alpha value is -1.44. The topological polar surface area (TPSA) is 81.7 Å². The third-order valence-electron chi connectivity index (χ3n) is 3.75. The van der Waals surface area contributed by atoms with Gasteiger partial charge < -0.3 is 10.2 Å². The molecule has 1 atom stereocenters. The maximum Gasteiger partial charge on any atom is 0.284 e. The van der Waals surface area contributed by atoms with Crippen molar-refractivity contribution in [2.45, 2.75) is 32.9 Å². The molecule has 1 aliphatic rings. The standard InChI is InChI=1S/C14H21N3O3S/c1-8(2)12(15-3)14(19)17-5-4-10-9(7-17)6-11(21-10)13(18)16-20/h6,8,12,15,20H,4-5,7H2,1-3H3,(H,16,18)/t12-/m0/s1. The molecule has 0 spiro atoms. The molecule has 0 fully saturated rings. The predicted molar refractivity (Wildman–Crippen MR) is 80.4 cm³/mol. The highest BCUT2D eigenvalue weighted by Crippen LogP contribution is 2.28. The van der Waals surface area contributed by atoms with E-state index < -0.39 is 5.91 Å². The number of fused-ring (bicyclic) bond motifs is 1. The summed E-state index contributed by atoms with van der Waals surface area (Å²) in [6, 6.07) is 1.57. The normalized spacial score (nSPS) is 15.8. The SMILES string of the molecule is CN[C@H](C(=O)N1CCc2sc(C(=O)NO)cc2C1)C(C)C. The molecule has 0 aromatic carbocycles. The van der Waals surface area contributed by atoms with Crippen molar-refractivity contribution in [1.82, 2.24) is 15.7 Å². The first-order chi connectivity index (χ1) is 9.97. The number of carbonyl (C=O) groups is 2. The smallest absolute Gasteiger partial charge is 0.284 e. The summed E-state index contributed by atoms with van der Waals surface area (Å²) in [4.78, 5) is 27.4. The molecule has 0 saturated carbocycles. The van der Waals surface area contributed by atoms with E-state index in [2.05, 4.69) is 5.32 Å². The molecule has 0 aliphatic carbocycles. The number of nitrogens with one attached hydrogen (secondary N) is 2. The number of rotatable bonds is 4. The lowest BCUT2D eigenvalue weighted by atomic mass is 10.0. The summed E-state index contributed by atoms with van der Waals surface area (Å²) < 4.78 is 0. The molecular weight excluding hydrogens is 290 g/mol. The molecule has 2 amide bonds. The number of nitrogens with zero attached hydrogens (tertiary/aromatic N) is 1. The van der Waals surface area contributed by atoms with Crippen LogP contribution < -0.4 is 10.8 Å². The average Bonchev–Trinajstić information content (AvgIpc) is 2.89. The zero-order valence-electron chi connectivity index (χ0n) is 12.5. The Morgan fingerprint density at radius 1 is 1.43 bits per heavy atom. The Morgan fingerprint density at radius 3 is 2.71 bits per heavy atom. The number of hydrogen-bond acceptors (Lipinski definition) is 5. The molecule has 0 bridgehead atoms. The number of likely N-dealkylation sites (N-methyl/N-ethyl adjacent to an activating group) is 1. The summed E-state index contributed by atoms with van der Waals surface area (Å²) in [5, 5.41) is 11.8. The van der Waals surface area contributed by atoms with Crippen LogP contribution in [0.3, 0.4) is 0 Å². The first-order valence-corrected chi connectivity index (χ1v) is 7.81. The van der Waals surface area contributed by atoms with Gasteiger partial charge in [0.2, 0.25) is 5.91 Å². The van der Waals surface area contributed by atoms with Gasteiger partial charge in [-0.05, 0) is 31.0 Å². The molecule has 1 aromatic rings. The highest BCUT2D eigenvalue weighted by molar-refractivity contribution is 7.14. The molecule has 1 aliphatic heterocycles. The van der Waals surface area contributed by atoms with Crippen LogP contribution >= 0.6 is 11.3 Å². The number of carbonyl (C=O) groups excluding carboxylic acids is 2. The van der Waals surface area contributed by atoms with Crippen LogP contribution in [0.4, 0.5) is 0 Å². The summed E-state index contributed by atoms with van der Waals surface area (Å²) in [5.74, 6) is -0.179. The van der Waals surface area contributed by atoms with E-state index in [1.165, 1.54) is 11.3 Å². The summed E-state index contributed by atoms with van der Waals surface area (Å²) in [5.41, 5.74) is 2.64. The van der Waals surface area contributed by atoms with E-state index in [0.717, 1.165) is 16.9 Å². The molecule has 6 nitrogen and oxygen atoms in total. The fraction of sp³-hybridized carbons (Fsp3) is 0.571. The van der Waals surface area contributed by atoms with Crippen molar-refractivity contribution in [3.05, 3.63) is 21.4 Å². The molecule has 7 heteroatoms. The first-order valence-electron chi connectivity index (χ1n) is 7.00. The molecule has 21 heavy (non-hydrogen) atoms. The Kier molecular flexibility index (Phi) is 4.97. The molecule has 0 radical (unpaired) electrons. The van der Waals surface area contributed by atoms with E-state index in [1.54, 1.807) is 18.6 Å². The lowest BCUT2D eigenvalue weighted by Gasteiger charge is -2.31. The number of hydroxylamine groups is 1. The molecule has 116 valence electrons. The quantitative estimate of drug-likeness (QED) is 0.572. The number of thiophene rings is 1. The first kappa shape index (κ1) is 15.9. The van der Waals surface area contributed by atoms with Crippen molar-refractivity contribution >= 4 is 23.2 Å². The Balaban J connectivity index is 2.13.